The highest BCUT2D eigenvalue weighted by molar-refractivity contribution is 5.79. The minimum atomic E-state index is -0.160. The van der Waals surface area contributed by atoms with Crippen LogP contribution in [0.2, 0.25) is 0 Å². The molecule has 1 unspecified atom stereocenters. The molecule has 3 heteroatoms. The van der Waals surface area contributed by atoms with Gasteiger partial charge in [-0.3, -0.25) is 9.69 Å². The molecule has 1 aliphatic rings. The SMILES string of the molecule is CC(c1ccccc1F)N1CCC(=O)CC1. The summed E-state index contributed by atoms with van der Waals surface area (Å²) in [6.07, 6.45) is 1.19. The van der Waals surface area contributed by atoms with Gasteiger partial charge in [0, 0.05) is 37.5 Å². The summed E-state index contributed by atoms with van der Waals surface area (Å²) >= 11 is 0. The molecule has 1 aromatic carbocycles. The van der Waals surface area contributed by atoms with Gasteiger partial charge in [-0.2, -0.15) is 0 Å². The first-order valence-corrected chi connectivity index (χ1v) is 5.68. The number of halogens is 1. The van der Waals surface area contributed by atoms with Crippen LogP contribution < -0.4 is 0 Å². The summed E-state index contributed by atoms with van der Waals surface area (Å²) in [4.78, 5) is 13.3. The summed E-state index contributed by atoms with van der Waals surface area (Å²) in [6.45, 7) is 3.48. The molecule has 0 spiro atoms. The highest BCUT2D eigenvalue weighted by Crippen LogP contribution is 2.24. The number of benzene rings is 1. The molecule has 2 rings (SSSR count). The lowest BCUT2D eigenvalue weighted by Gasteiger charge is -2.32. The number of hydrogen-bond acceptors (Lipinski definition) is 2. The number of hydrogen-bond donors (Lipinski definition) is 0. The molecule has 0 aliphatic carbocycles. The Bertz CT molecular complexity index is 381. The molecule has 0 radical (unpaired) electrons. The number of carbonyl (C=O) groups excluding carboxylic acids is 1. The first-order chi connectivity index (χ1) is 7.68. The molecule has 1 aromatic rings. The highest BCUT2D eigenvalue weighted by Gasteiger charge is 2.23. The van der Waals surface area contributed by atoms with Crippen molar-refractivity contribution in [2.75, 3.05) is 13.1 Å². The van der Waals surface area contributed by atoms with E-state index in [-0.39, 0.29) is 11.9 Å². The van der Waals surface area contributed by atoms with Crippen LogP contribution in [0.25, 0.3) is 0 Å². The van der Waals surface area contributed by atoms with E-state index in [1.165, 1.54) is 6.07 Å². The molecule has 1 aliphatic heterocycles. The van der Waals surface area contributed by atoms with E-state index in [2.05, 4.69) is 4.90 Å². The van der Waals surface area contributed by atoms with Gasteiger partial charge in [-0.05, 0) is 13.0 Å². The first-order valence-electron chi connectivity index (χ1n) is 5.68. The maximum Gasteiger partial charge on any atom is 0.135 e. The Hall–Kier alpha value is -1.22. The quantitative estimate of drug-likeness (QED) is 0.765. The number of Topliss-reactive ketones (excluding diaryl/α,β-unsaturated/α-hetero) is 1. The van der Waals surface area contributed by atoms with Gasteiger partial charge in [0.1, 0.15) is 11.6 Å². The van der Waals surface area contributed by atoms with Crippen molar-refractivity contribution in [3.63, 3.8) is 0 Å². The van der Waals surface area contributed by atoms with Crippen LogP contribution in [0.15, 0.2) is 24.3 Å². The molecule has 1 heterocycles. The van der Waals surface area contributed by atoms with E-state index in [4.69, 9.17) is 0 Å². The zero-order chi connectivity index (χ0) is 11.5. The number of ketones is 1. The maximum absolute atomic E-state index is 13.6. The molecule has 0 bridgehead atoms. The second-order valence-electron chi connectivity index (χ2n) is 4.27. The maximum atomic E-state index is 13.6. The largest absolute Gasteiger partial charge is 0.300 e. The topological polar surface area (TPSA) is 20.3 Å². The van der Waals surface area contributed by atoms with E-state index in [1.807, 2.05) is 19.1 Å². The van der Waals surface area contributed by atoms with Gasteiger partial charge in [-0.1, -0.05) is 18.2 Å². The van der Waals surface area contributed by atoms with Gasteiger partial charge in [0.15, 0.2) is 0 Å². The summed E-state index contributed by atoms with van der Waals surface area (Å²) in [6, 6.07) is 6.90. The van der Waals surface area contributed by atoms with Gasteiger partial charge in [0.25, 0.3) is 0 Å². The van der Waals surface area contributed by atoms with E-state index in [0.717, 1.165) is 18.7 Å². The lowest BCUT2D eigenvalue weighted by molar-refractivity contribution is -0.121. The molecular formula is C13H16FNO. The molecule has 0 N–H and O–H groups in total. The van der Waals surface area contributed by atoms with Crippen molar-refractivity contribution in [3.8, 4) is 0 Å². The van der Waals surface area contributed by atoms with Crippen molar-refractivity contribution in [1.82, 2.24) is 4.90 Å². The van der Waals surface area contributed by atoms with Crippen LogP contribution >= 0.6 is 0 Å². The third kappa shape index (κ3) is 2.30. The van der Waals surface area contributed by atoms with Crippen molar-refractivity contribution < 1.29 is 9.18 Å². The summed E-state index contributed by atoms with van der Waals surface area (Å²) in [5.74, 6) is 0.156. The number of nitrogens with zero attached hydrogens (tertiary/aromatic N) is 1. The van der Waals surface area contributed by atoms with Crippen molar-refractivity contribution in [3.05, 3.63) is 35.6 Å². The number of carbonyl (C=O) groups is 1. The van der Waals surface area contributed by atoms with Crippen LogP contribution in [0.5, 0.6) is 0 Å². The predicted octanol–water partition coefficient (Wildman–Crippen LogP) is 2.55. The van der Waals surface area contributed by atoms with Crippen molar-refractivity contribution in [1.29, 1.82) is 0 Å². The fraction of sp³-hybridized carbons (Fsp3) is 0.462. The normalized spacial score (nSPS) is 19.8. The molecule has 1 fully saturated rings. The highest BCUT2D eigenvalue weighted by atomic mass is 19.1. The van der Waals surface area contributed by atoms with Crippen LogP contribution in [-0.2, 0) is 4.79 Å². The molecule has 0 amide bonds. The lowest BCUT2D eigenvalue weighted by Crippen LogP contribution is -2.36. The minimum Gasteiger partial charge on any atom is -0.300 e. The fourth-order valence-electron chi connectivity index (χ4n) is 2.17. The monoisotopic (exact) mass is 221 g/mol. The Morgan fingerprint density at radius 3 is 2.50 bits per heavy atom. The van der Waals surface area contributed by atoms with Gasteiger partial charge >= 0.3 is 0 Å². The first kappa shape index (κ1) is 11.3. The molecule has 16 heavy (non-hydrogen) atoms. The second kappa shape index (κ2) is 4.74. The average Bonchev–Trinajstić information content (AvgIpc) is 2.30. The van der Waals surface area contributed by atoms with Gasteiger partial charge in [0.2, 0.25) is 0 Å². The summed E-state index contributed by atoms with van der Waals surface area (Å²) < 4.78 is 13.6. The zero-order valence-corrected chi connectivity index (χ0v) is 9.45. The van der Waals surface area contributed by atoms with Crippen molar-refractivity contribution in [2.45, 2.75) is 25.8 Å². The van der Waals surface area contributed by atoms with Gasteiger partial charge < -0.3 is 0 Å². The van der Waals surface area contributed by atoms with E-state index in [9.17, 15) is 9.18 Å². The van der Waals surface area contributed by atoms with Crippen LogP contribution in [0.3, 0.4) is 0 Å². The number of piperidine rings is 1. The van der Waals surface area contributed by atoms with E-state index < -0.39 is 0 Å². The second-order valence-corrected chi connectivity index (χ2v) is 4.27. The molecule has 2 nitrogen and oxygen atoms in total. The number of likely N-dealkylation sites (tertiary alicyclic amines) is 1. The van der Waals surface area contributed by atoms with E-state index in [1.54, 1.807) is 6.07 Å². The fourth-order valence-corrected chi connectivity index (χ4v) is 2.17. The molecule has 86 valence electrons. The van der Waals surface area contributed by atoms with Crippen LogP contribution in [0.4, 0.5) is 4.39 Å². The summed E-state index contributed by atoms with van der Waals surface area (Å²) in [7, 11) is 0. The smallest absolute Gasteiger partial charge is 0.135 e. The van der Waals surface area contributed by atoms with E-state index in [0.29, 0.717) is 18.6 Å². The van der Waals surface area contributed by atoms with Gasteiger partial charge in [0.05, 0.1) is 0 Å². The Kier molecular flexibility index (Phi) is 3.34. The third-order valence-corrected chi connectivity index (χ3v) is 3.26. The van der Waals surface area contributed by atoms with Crippen molar-refractivity contribution in [2.24, 2.45) is 0 Å². The lowest BCUT2D eigenvalue weighted by atomic mass is 10.0. The van der Waals surface area contributed by atoms with Crippen LogP contribution in [0, 0.1) is 5.82 Å². The molecule has 1 atom stereocenters. The molecule has 0 saturated carbocycles. The van der Waals surface area contributed by atoms with E-state index >= 15 is 0 Å². The molecule has 0 aromatic heterocycles. The van der Waals surface area contributed by atoms with Gasteiger partial charge in [-0.25, -0.2) is 4.39 Å². The Balaban J connectivity index is 2.10. The Morgan fingerprint density at radius 2 is 1.88 bits per heavy atom. The van der Waals surface area contributed by atoms with Crippen molar-refractivity contribution >= 4 is 5.78 Å². The summed E-state index contributed by atoms with van der Waals surface area (Å²) in [5.41, 5.74) is 0.719. The Morgan fingerprint density at radius 1 is 1.25 bits per heavy atom. The Labute approximate surface area is 95.1 Å². The summed E-state index contributed by atoms with van der Waals surface area (Å²) in [5, 5.41) is 0. The average molecular weight is 221 g/mol. The predicted molar refractivity (Wildman–Crippen MR) is 60.6 cm³/mol. The molecular weight excluding hydrogens is 205 g/mol. The molecule has 1 saturated heterocycles. The third-order valence-electron chi connectivity index (χ3n) is 3.26. The standard InChI is InChI=1S/C13H16FNO/c1-10(12-4-2-3-5-13(12)14)15-8-6-11(16)7-9-15/h2-5,10H,6-9H2,1H3. The van der Waals surface area contributed by atoms with Crippen LogP contribution in [-0.4, -0.2) is 23.8 Å². The zero-order valence-electron chi connectivity index (χ0n) is 9.45. The minimum absolute atomic E-state index is 0.0503. The van der Waals surface area contributed by atoms with Gasteiger partial charge in [-0.15, -0.1) is 0 Å². The number of rotatable bonds is 2. The van der Waals surface area contributed by atoms with Crippen LogP contribution in [0.1, 0.15) is 31.4 Å².